The highest BCUT2D eigenvalue weighted by Gasteiger charge is 2.31. The summed E-state index contributed by atoms with van der Waals surface area (Å²) in [4.78, 5) is 70.8. The molecule has 20 N–H and O–H groups in total. The smallest absolute Gasteiger partial charge is 0.237 e. The van der Waals surface area contributed by atoms with Crippen LogP contribution in [0.15, 0.2) is 38.2 Å². The van der Waals surface area contributed by atoms with Crippen LogP contribution in [-0.4, -0.2) is 98.1 Å². The fraction of sp³-hybridized carbons (Fsp3) is 0.622. The number of carbonyl (C=O) groups is 4. The predicted molar refractivity (Wildman–Crippen MR) is 225 cm³/mol. The zero-order valence-electron chi connectivity index (χ0n) is 33.8. The molecular formula is C37H67N15O5. The Morgan fingerprint density at radius 3 is 1.47 bits per heavy atom. The summed E-state index contributed by atoms with van der Waals surface area (Å²) in [5, 5.41) is 5.64. The summed E-state index contributed by atoms with van der Waals surface area (Å²) < 4.78 is 6.09. The van der Waals surface area contributed by atoms with Gasteiger partial charge in [-0.3, -0.25) is 39.1 Å². The van der Waals surface area contributed by atoms with Crippen molar-refractivity contribution in [2.45, 2.75) is 103 Å². The lowest BCUT2D eigenvalue weighted by atomic mass is 9.90. The van der Waals surface area contributed by atoms with Gasteiger partial charge < -0.3 is 67.0 Å². The second-order valence-electron chi connectivity index (χ2n) is 14.2. The van der Waals surface area contributed by atoms with Gasteiger partial charge >= 0.3 is 0 Å². The first-order chi connectivity index (χ1) is 26.9. The van der Waals surface area contributed by atoms with Crippen molar-refractivity contribution < 1.29 is 23.9 Å². The Bertz CT molecular complexity index is 1530. The molecule has 0 spiro atoms. The van der Waals surface area contributed by atoms with Crippen LogP contribution >= 0.6 is 0 Å². The first-order valence-corrected chi connectivity index (χ1v) is 19.2. The Kier molecular flexibility index (Phi) is 23.4. The normalized spacial score (nSPS) is 13.4. The number of carbonyl (C=O) groups excluding carboxylic acids is 4. The van der Waals surface area contributed by atoms with Gasteiger partial charge in [0.1, 0.15) is 5.75 Å². The van der Waals surface area contributed by atoms with Gasteiger partial charge in [0.05, 0.1) is 24.7 Å². The average molecular weight is 802 g/mol. The topological polar surface area (TPSA) is 385 Å². The highest BCUT2D eigenvalue weighted by molar-refractivity contribution is 5.95. The number of guanidine groups is 4. The van der Waals surface area contributed by atoms with Crippen LogP contribution in [-0.2, 0) is 19.2 Å². The van der Waals surface area contributed by atoms with E-state index in [9.17, 15) is 19.2 Å². The van der Waals surface area contributed by atoms with E-state index < -0.39 is 41.6 Å². The SMILES string of the molecule is Cc1cccc(C)c1OCC(C)CC(=O)[C@H](CCCN=C(N)N)NC(=O)[C@H](CCCN=C(N)N)CC(=O)[C@H](CCCN=C(N)N)NC(=O)[C@@H](N)CCCN=C(N)N. The molecule has 1 aromatic carbocycles. The molecule has 0 fully saturated rings. The maximum Gasteiger partial charge on any atom is 0.237 e. The number of Topliss-reactive ketones (excluding diaryl/α,β-unsaturated/α-hetero) is 2. The minimum Gasteiger partial charge on any atom is -0.493 e. The molecule has 320 valence electrons. The van der Waals surface area contributed by atoms with Crippen LogP contribution in [0.5, 0.6) is 5.75 Å². The molecule has 57 heavy (non-hydrogen) atoms. The van der Waals surface area contributed by atoms with Gasteiger partial charge in [-0.15, -0.1) is 0 Å². The monoisotopic (exact) mass is 802 g/mol. The predicted octanol–water partition coefficient (Wildman–Crippen LogP) is -1.64. The van der Waals surface area contributed by atoms with Crippen LogP contribution in [0.3, 0.4) is 0 Å². The molecule has 0 bridgehead atoms. The summed E-state index contributed by atoms with van der Waals surface area (Å²) in [7, 11) is 0. The summed E-state index contributed by atoms with van der Waals surface area (Å²) >= 11 is 0. The molecule has 5 atom stereocenters. The van der Waals surface area contributed by atoms with Crippen molar-refractivity contribution in [3.05, 3.63) is 29.3 Å². The van der Waals surface area contributed by atoms with Crippen LogP contribution < -0.4 is 67.0 Å². The summed E-state index contributed by atoms with van der Waals surface area (Å²) in [6.07, 6.45) is 2.21. The first-order valence-electron chi connectivity index (χ1n) is 19.2. The number of para-hydroxylation sites is 1. The Morgan fingerprint density at radius 2 is 1.02 bits per heavy atom. The van der Waals surface area contributed by atoms with Crippen molar-refractivity contribution in [3.8, 4) is 5.75 Å². The van der Waals surface area contributed by atoms with Crippen molar-refractivity contribution in [2.75, 3.05) is 32.8 Å². The van der Waals surface area contributed by atoms with Gasteiger partial charge in [-0.05, 0) is 82.3 Å². The molecule has 20 heteroatoms. The molecule has 0 saturated heterocycles. The van der Waals surface area contributed by atoms with Crippen LogP contribution in [0, 0.1) is 25.7 Å². The van der Waals surface area contributed by atoms with Crippen molar-refractivity contribution in [2.24, 2.45) is 83.4 Å². The summed E-state index contributed by atoms with van der Waals surface area (Å²) in [6.45, 7) is 7.00. The van der Waals surface area contributed by atoms with Gasteiger partial charge in [0, 0.05) is 44.9 Å². The molecule has 2 amide bonds. The number of rotatable bonds is 29. The van der Waals surface area contributed by atoms with Crippen molar-refractivity contribution in [1.82, 2.24) is 10.6 Å². The maximum atomic E-state index is 14.0. The number of ether oxygens (including phenoxy) is 1. The number of aliphatic imine (C=N–C) groups is 4. The average Bonchev–Trinajstić information content (AvgIpc) is 3.12. The van der Waals surface area contributed by atoms with E-state index in [-0.39, 0.29) is 107 Å². The minimum absolute atomic E-state index is 0.0777. The molecule has 1 aromatic rings. The van der Waals surface area contributed by atoms with Crippen LogP contribution in [0.1, 0.15) is 82.3 Å². The van der Waals surface area contributed by atoms with Crippen LogP contribution in [0.25, 0.3) is 0 Å². The quantitative estimate of drug-likeness (QED) is 0.0246. The number of nitrogens with zero attached hydrogens (tertiary/aromatic N) is 4. The number of benzene rings is 1. The van der Waals surface area contributed by atoms with E-state index in [1.807, 2.05) is 39.0 Å². The Labute approximate surface area is 335 Å². The minimum atomic E-state index is -1.02. The van der Waals surface area contributed by atoms with Crippen molar-refractivity contribution in [1.29, 1.82) is 0 Å². The summed E-state index contributed by atoms with van der Waals surface area (Å²) in [5.41, 5.74) is 51.8. The molecule has 0 aromatic heterocycles. The largest absolute Gasteiger partial charge is 0.493 e. The number of nitrogens with two attached hydrogens (primary N) is 9. The van der Waals surface area contributed by atoms with E-state index >= 15 is 0 Å². The van der Waals surface area contributed by atoms with Gasteiger partial charge in [0.25, 0.3) is 0 Å². The molecule has 0 aliphatic carbocycles. The number of hydrogen-bond acceptors (Lipinski definition) is 10. The standard InChI is InChI=1S/C37H67N15O5/c1-22(21-57-31-23(2)9-4-10-24(31)3)19-29(53)27(13-7-17-49-36(43)44)51-32(55)25(11-5-15-47-34(39)40)20-30(54)28(14-8-18-50-37(45)46)52-33(56)26(38)12-6-16-48-35(41)42/h4,9-10,22,25-28H,5-8,11-21,38H2,1-3H3,(H,51,55)(H,52,56)(H4,39,40,47)(H4,41,42,48)(H4,43,44,49)(H4,45,46,50)/t22?,25-,26+,27+,28+/m1/s1. The Balaban J connectivity index is 3.27. The summed E-state index contributed by atoms with van der Waals surface area (Å²) in [6, 6.07) is 2.98. The van der Waals surface area contributed by atoms with E-state index in [1.165, 1.54) is 0 Å². The molecule has 20 nitrogen and oxygen atoms in total. The van der Waals surface area contributed by atoms with Crippen LogP contribution in [0.2, 0.25) is 0 Å². The molecule has 0 saturated carbocycles. The number of aryl methyl sites for hydroxylation is 2. The fourth-order valence-corrected chi connectivity index (χ4v) is 5.91. The number of hydrogen-bond donors (Lipinski definition) is 11. The molecule has 1 unspecified atom stereocenters. The maximum absolute atomic E-state index is 14.0. The third kappa shape index (κ3) is 21.9. The van der Waals surface area contributed by atoms with Crippen molar-refractivity contribution >= 4 is 47.2 Å². The summed E-state index contributed by atoms with van der Waals surface area (Å²) in [5.74, 6) is -2.45. The Morgan fingerprint density at radius 1 is 0.614 bits per heavy atom. The second kappa shape index (κ2) is 27.0. The lowest BCUT2D eigenvalue weighted by Gasteiger charge is -2.25. The van der Waals surface area contributed by atoms with Gasteiger partial charge in [-0.2, -0.15) is 0 Å². The van der Waals surface area contributed by atoms with E-state index in [1.54, 1.807) is 0 Å². The zero-order chi connectivity index (χ0) is 42.9. The van der Waals surface area contributed by atoms with Crippen LogP contribution in [0.4, 0.5) is 0 Å². The fourth-order valence-electron chi connectivity index (χ4n) is 5.91. The lowest BCUT2D eigenvalue weighted by molar-refractivity contribution is -0.134. The van der Waals surface area contributed by atoms with E-state index in [2.05, 4.69) is 30.6 Å². The number of ketones is 2. The molecular weight excluding hydrogens is 735 g/mol. The number of amides is 2. The Hall–Kier alpha value is -5.66. The molecule has 0 aliphatic rings. The lowest BCUT2D eigenvalue weighted by Crippen LogP contribution is -2.50. The van der Waals surface area contributed by atoms with E-state index in [4.69, 9.17) is 56.3 Å². The van der Waals surface area contributed by atoms with Gasteiger partial charge in [0.2, 0.25) is 11.8 Å². The first kappa shape index (κ1) is 49.4. The van der Waals surface area contributed by atoms with E-state index in [0.717, 1.165) is 16.9 Å². The van der Waals surface area contributed by atoms with Crippen molar-refractivity contribution in [3.63, 3.8) is 0 Å². The molecule has 0 aliphatic heterocycles. The zero-order valence-corrected chi connectivity index (χ0v) is 33.8. The number of nitrogens with one attached hydrogen (secondary N) is 2. The third-order valence-corrected chi connectivity index (χ3v) is 8.90. The van der Waals surface area contributed by atoms with Gasteiger partial charge in [-0.1, -0.05) is 25.1 Å². The molecule has 0 heterocycles. The molecule has 1 rings (SSSR count). The van der Waals surface area contributed by atoms with Gasteiger partial charge in [-0.25, -0.2) is 0 Å². The highest BCUT2D eigenvalue weighted by atomic mass is 16.5. The molecule has 0 radical (unpaired) electrons. The van der Waals surface area contributed by atoms with Gasteiger partial charge in [0.15, 0.2) is 35.4 Å². The van der Waals surface area contributed by atoms with E-state index in [0.29, 0.717) is 25.7 Å². The highest BCUT2D eigenvalue weighted by Crippen LogP contribution is 2.24. The second-order valence-corrected chi connectivity index (χ2v) is 14.2. The third-order valence-electron chi connectivity index (χ3n) is 8.90.